The van der Waals surface area contributed by atoms with Crippen molar-refractivity contribution in [2.24, 2.45) is 0 Å². The second kappa shape index (κ2) is 6.78. The molecule has 3 aromatic carbocycles. The van der Waals surface area contributed by atoms with E-state index in [1.54, 1.807) is 0 Å². The normalized spacial score (nSPS) is 10.1. The molecule has 3 aromatic rings. The minimum atomic E-state index is 0.0991. The van der Waals surface area contributed by atoms with E-state index in [2.05, 4.69) is 79.4 Å². The summed E-state index contributed by atoms with van der Waals surface area (Å²) in [5, 5.41) is 0. The third kappa shape index (κ3) is 3.27. The molecule has 0 radical (unpaired) electrons. The summed E-state index contributed by atoms with van der Waals surface area (Å²) in [5.74, 6) is 6.92. The number of benzene rings is 3. The second-order valence-corrected chi connectivity index (χ2v) is 5.34. The highest BCUT2D eigenvalue weighted by molar-refractivity contribution is 5.46. The van der Waals surface area contributed by atoms with Crippen LogP contribution in [0.3, 0.4) is 0 Å². The Kier molecular flexibility index (Phi) is 4.37. The van der Waals surface area contributed by atoms with Crippen molar-refractivity contribution in [2.75, 3.05) is 0 Å². The molecule has 0 spiro atoms. The van der Waals surface area contributed by atoms with E-state index in [9.17, 15) is 0 Å². The zero-order valence-electron chi connectivity index (χ0n) is 12.7. The van der Waals surface area contributed by atoms with Gasteiger partial charge >= 0.3 is 0 Å². The Morgan fingerprint density at radius 3 is 1.68 bits per heavy atom. The maximum Gasteiger partial charge on any atom is 0.0705 e. The number of hydrogen-bond donors (Lipinski definition) is 0. The van der Waals surface area contributed by atoms with Crippen molar-refractivity contribution in [2.45, 2.75) is 12.8 Å². The number of hydrogen-bond acceptors (Lipinski definition) is 0. The molecule has 0 fully saturated rings. The van der Waals surface area contributed by atoms with E-state index in [-0.39, 0.29) is 5.92 Å². The summed E-state index contributed by atoms with van der Waals surface area (Å²) in [6.07, 6.45) is 0. The molecule has 3 rings (SSSR count). The predicted molar refractivity (Wildman–Crippen MR) is 92.8 cm³/mol. The van der Waals surface area contributed by atoms with Crippen molar-refractivity contribution >= 4 is 0 Å². The van der Waals surface area contributed by atoms with Crippen LogP contribution in [-0.2, 0) is 0 Å². The molecule has 0 saturated heterocycles. The number of aryl methyl sites for hydroxylation is 1. The fraction of sp³-hybridized carbons (Fsp3) is 0.0909. The van der Waals surface area contributed by atoms with E-state index in [0.717, 1.165) is 5.56 Å². The van der Waals surface area contributed by atoms with Gasteiger partial charge in [-0.05, 0) is 29.7 Å². The molecule has 22 heavy (non-hydrogen) atoms. The lowest BCUT2D eigenvalue weighted by Gasteiger charge is -2.11. The molecule has 0 heterocycles. The number of rotatable bonds is 2. The summed E-state index contributed by atoms with van der Waals surface area (Å²) in [4.78, 5) is 0. The van der Waals surface area contributed by atoms with Crippen molar-refractivity contribution < 1.29 is 0 Å². The molecule has 0 bridgehead atoms. The Morgan fingerprint density at radius 1 is 0.636 bits per heavy atom. The third-order valence-electron chi connectivity index (χ3n) is 3.76. The van der Waals surface area contributed by atoms with E-state index in [1.807, 2.05) is 24.3 Å². The molecule has 0 aromatic heterocycles. The maximum absolute atomic E-state index is 3.46. The average Bonchev–Trinajstić information content (AvgIpc) is 2.59. The van der Waals surface area contributed by atoms with Gasteiger partial charge in [0.15, 0.2) is 0 Å². The molecular formula is C22H18. The highest BCUT2D eigenvalue weighted by atomic mass is 14.1. The molecule has 0 amide bonds. The first kappa shape index (κ1) is 14.2. The van der Waals surface area contributed by atoms with Gasteiger partial charge in [-0.1, -0.05) is 90.7 Å². The summed E-state index contributed by atoms with van der Waals surface area (Å²) >= 11 is 0. The van der Waals surface area contributed by atoms with Gasteiger partial charge in [-0.2, -0.15) is 0 Å². The molecule has 0 atom stereocenters. The zero-order chi connectivity index (χ0) is 15.2. The van der Waals surface area contributed by atoms with Crippen LogP contribution < -0.4 is 0 Å². The Morgan fingerprint density at radius 2 is 1.14 bits per heavy atom. The quantitative estimate of drug-likeness (QED) is 0.568. The first-order valence-electron chi connectivity index (χ1n) is 7.51. The van der Waals surface area contributed by atoms with Crippen molar-refractivity contribution in [1.82, 2.24) is 0 Å². The first-order chi connectivity index (χ1) is 10.8. The minimum absolute atomic E-state index is 0.0991. The van der Waals surface area contributed by atoms with Gasteiger partial charge in [0.25, 0.3) is 0 Å². The van der Waals surface area contributed by atoms with E-state index in [4.69, 9.17) is 0 Å². The summed E-state index contributed by atoms with van der Waals surface area (Å²) in [6.45, 7) is 2.10. The molecular weight excluding hydrogens is 264 g/mol. The highest BCUT2D eigenvalue weighted by Gasteiger charge is 2.10. The lowest BCUT2D eigenvalue weighted by atomic mass is 9.91. The fourth-order valence-electron chi connectivity index (χ4n) is 2.51. The lowest BCUT2D eigenvalue weighted by Crippen LogP contribution is -1.98. The molecule has 106 valence electrons. The van der Waals surface area contributed by atoms with Crippen LogP contribution in [0.1, 0.15) is 28.2 Å². The molecule has 0 saturated carbocycles. The standard InChI is InChI=1S/C22H18/c1-18-10-8-9-11-19(18)16-17-22(20-12-4-2-5-13-20)21-14-6-3-7-15-21/h2-15,22H,1H3. The Hall–Kier alpha value is -2.78. The first-order valence-corrected chi connectivity index (χ1v) is 7.51. The predicted octanol–water partition coefficient (Wildman–Crippen LogP) is 5.18. The molecule has 0 aliphatic rings. The monoisotopic (exact) mass is 282 g/mol. The van der Waals surface area contributed by atoms with Gasteiger partial charge in [0.2, 0.25) is 0 Å². The average molecular weight is 282 g/mol. The van der Waals surface area contributed by atoms with Gasteiger partial charge in [-0.3, -0.25) is 0 Å². The largest absolute Gasteiger partial charge is 0.0848 e. The van der Waals surface area contributed by atoms with Crippen LogP contribution in [0, 0.1) is 18.8 Å². The Labute approximate surface area is 132 Å². The van der Waals surface area contributed by atoms with Crippen LogP contribution in [0.4, 0.5) is 0 Å². The van der Waals surface area contributed by atoms with Crippen molar-refractivity contribution in [3.8, 4) is 11.8 Å². The topological polar surface area (TPSA) is 0 Å². The van der Waals surface area contributed by atoms with E-state index in [0.29, 0.717) is 0 Å². The van der Waals surface area contributed by atoms with Gasteiger partial charge in [0, 0.05) is 5.56 Å². The van der Waals surface area contributed by atoms with Gasteiger partial charge < -0.3 is 0 Å². The molecule has 0 N–H and O–H groups in total. The van der Waals surface area contributed by atoms with Crippen LogP contribution in [0.15, 0.2) is 84.9 Å². The third-order valence-corrected chi connectivity index (χ3v) is 3.76. The second-order valence-electron chi connectivity index (χ2n) is 5.34. The van der Waals surface area contributed by atoms with E-state index >= 15 is 0 Å². The Balaban J connectivity index is 2.03. The van der Waals surface area contributed by atoms with Crippen molar-refractivity contribution in [3.63, 3.8) is 0 Å². The fourth-order valence-corrected chi connectivity index (χ4v) is 2.51. The summed E-state index contributed by atoms with van der Waals surface area (Å²) in [5.41, 5.74) is 4.78. The zero-order valence-corrected chi connectivity index (χ0v) is 12.7. The van der Waals surface area contributed by atoms with Crippen LogP contribution in [0.25, 0.3) is 0 Å². The van der Waals surface area contributed by atoms with Gasteiger partial charge in [-0.15, -0.1) is 0 Å². The van der Waals surface area contributed by atoms with Gasteiger partial charge in [-0.25, -0.2) is 0 Å². The minimum Gasteiger partial charge on any atom is -0.0848 e. The van der Waals surface area contributed by atoms with Crippen LogP contribution >= 0.6 is 0 Å². The van der Waals surface area contributed by atoms with Gasteiger partial charge in [0.1, 0.15) is 0 Å². The van der Waals surface area contributed by atoms with Crippen LogP contribution in [0.5, 0.6) is 0 Å². The van der Waals surface area contributed by atoms with Crippen LogP contribution in [0.2, 0.25) is 0 Å². The lowest BCUT2D eigenvalue weighted by molar-refractivity contribution is 1.06. The Bertz CT molecular complexity index is 750. The molecule has 0 aliphatic heterocycles. The smallest absolute Gasteiger partial charge is 0.0705 e. The molecule has 0 unspecified atom stereocenters. The molecule has 0 nitrogen and oxygen atoms in total. The summed E-state index contributed by atoms with van der Waals surface area (Å²) in [7, 11) is 0. The SMILES string of the molecule is Cc1ccccc1C#CC(c1ccccc1)c1ccccc1. The summed E-state index contributed by atoms with van der Waals surface area (Å²) < 4.78 is 0. The van der Waals surface area contributed by atoms with Gasteiger partial charge in [0.05, 0.1) is 5.92 Å². The highest BCUT2D eigenvalue weighted by Crippen LogP contribution is 2.23. The van der Waals surface area contributed by atoms with Crippen molar-refractivity contribution in [1.29, 1.82) is 0 Å². The van der Waals surface area contributed by atoms with E-state index < -0.39 is 0 Å². The maximum atomic E-state index is 3.46. The molecule has 0 heteroatoms. The molecule has 0 aliphatic carbocycles. The van der Waals surface area contributed by atoms with Crippen molar-refractivity contribution in [3.05, 3.63) is 107 Å². The summed E-state index contributed by atoms with van der Waals surface area (Å²) in [6, 6.07) is 29.2. The van der Waals surface area contributed by atoms with E-state index in [1.165, 1.54) is 16.7 Å². The van der Waals surface area contributed by atoms with Crippen LogP contribution in [-0.4, -0.2) is 0 Å².